The van der Waals surface area contributed by atoms with Crippen LogP contribution >= 0.6 is 27.7 Å². The number of Topliss-reactive ketones (excluding diaryl/α,β-unsaturated/α-hetero) is 1. The maximum Gasteiger partial charge on any atom is 0.169 e. The molecule has 2 aliphatic heterocycles. The number of hydrogen-bond acceptors (Lipinski definition) is 4. The molecule has 1 aromatic carbocycles. The summed E-state index contributed by atoms with van der Waals surface area (Å²) in [4.78, 5) is 12.9. The molecule has 3 nitrogen and oxygen atoms in total. The third-order valence-corrected chi connectivity index (χ3v) is 6.08. The fourth-order valence-corrected chi connectivity index (χ4v) is 4.92. The van der Waals surface area contributed by atoms with Crippen molar-refractivity contribution in [3.63, 3.8) is 0 Å². The Kier molecular flexibility index (Phi) is 4.62. The van der Waals surface area contributed by atoms with Gasteiger partial charge >= 0.3 is 0 Å². The van der Waals surface area contributed by atoms with Crippen molar-refractivity contribution >= 4 is 33.5 Å². The van der Waals surface area contributed by atoms with E-state index >= 15 is 0 Å². The smallest absolute Gasteiger partial charge is 0.169 e. The second-order valence-corrected chi connectivity index (χ2v) is 7.75. The van der Waals surface area contributed by atoms with Crippen molar-refractivity contribution in [1.29, 1.82) is 0 Å². The number of thioether (sulfide) groups is 1. The monoisotopic (exact) mass is 370 g/mol. The Labute approximate surface area is 137 Å². The molecule has 21 heavy (non-hydrogen) atoms. The molecule has 2 heterocycles. The lowest BCUT2D eigenvalue weighted by atomic mass is 9.81. The Morgan fingerprint density at radius 3 is 3.10 bits per heavy atom. The lowest BCUT2D eigenvalue weighted by Gasteiger charge is -2.37. The third-order valence-electron chi connectivity index (χ3n) is 4.36. The van der Waals surface area contributed by atoms with E-state index < -0.39 is 0 Å². The summed E-state index contributed by atoms with van der Waals surface area (Å²) in [5, 5.41) is 0. The van der Waals surface area contributed by atoms with Gasteiger partial charge in [-0.15, -0.1) is 0 Å². The highest BCUT2D eigenvalue weighted by Gasteiger charge is 2.42. The minimum absolute atomic E-state index is 0.0486. The summed E-state index contributed by atoms with van der Waals surface area (Å²) in [6.45, 7) is 0.690. The van der Waals surface area contributed by atoms with E-state index in [1.807, 2.05) is 30.0 Å². The van der Waals surface area contributed by atoms with Gasteiger partial charge in [0.25, 0.3) is 0 Å². The number of carbonyl (C=O) groups excluding carboxylic acids is 1. The lowest BCUT2D eigenvalue weighted by molar-refractivity contribution is -0.0734. The first kappa shape index (κ1) is 15.4. The molecule has 114 valence electrons. The fourth-order valence-electron chi connectivity index (χ4n) is 3.20. The number of benzene rings is 1. The van der Waals surface area contributed by atoms with Crippen molar-refractivity contribution in [3.8, 4) is 5.75 Å². The van der Waals surface area contributed by atoms with E-state index in [0.717, 1.165) is 35.2 Å². The Balaban J connectivity index is 1.81. The molecule has 2 atom stereocenters. The number of rotatable bonds is 3. The molecule has 2 saturated heterocycles. The van der Waals surface area contributed by atoms with Crippen molar-refractivity contribution in [2.75, 3.05) is 25.2 Å². The number of halogens is 1. The molecule has 2 unspecified atom stereocenters. The van der Waals surface area contributed by atoms with Crippen LogP contribution in [0.4, 0.5) is 0 Å². The number of ether oxygens (including phenoxy) is 2. The quantitative estimate of drug-likeness (QED) is 0.754. The second kappa shape index (κ2) is 6.31. The average molecular weight is 371 g/mol. The minimum atomic E-state index is -0.0636. The number of ketones is 1. The van der Waals surface area contributed by atoms with Crippen LogP contribution in [0.15, 0.2) is 22.7 Å². The first-order valence-electron chi connectivity index (χ1n) is 7.23. The molecule has 0 aromatic heterocycles. The van der Waals surface area contributed by atoms with Crippen molar-refractivity contribution < 1.29 is 14.3 Å². The van der Waals surface area contributed by atoms with Crippen LogP contribution in [0.1, 0.15) is 29.6 Å². The second-order valence-electron chi connectivity index (χ2n) is 5.73. The van der Waals surface area contributed by atoms with Gasteiger partial charge in [0.15, 0.2) is 5.78 Å². The zero-order valence-corrected chi connectivity index (χ0v) is 14.5. The lowest BCUT2D eigenvalue weighted by Crippen LogP contribution is -2.42. The summed E-state index contributed by atoms with van der Waals surface area (Å²) >= 11 is 5.35. The van der Waals surface area contributed by atoms with Crippen LogP contribution in [-0.4, -0.2) is 36.6 Å². The Hall–Kier alpha value is -0.520. The Morgan fingerprint density at radius 2 is 2.38 bits per heavy atom. The van der Waals surface area contributed by atoms with Crippen LogP contribution < -0.4 is 4.74 Å². The summed E-state index contributed by atoms with van der Waals surface area (Å²) in [7, 11) is 1.61. The van der Waals surface area contributed by atoms with Crippen LogP contribution in [0.25, 0.3) is 0 Å². The highest BCUT2D eigenvalue weighted by molar-refractivity contribution is 9.10. The van der Waals surface area contributed by atoms with Gasteiger partial charge in [-0.3, -0.25) is 4.79 Å². The topological polar surface area (TPSA) is 35.5 Å². The maximum atomic E-state index is 12.9. The molecule has 0 N–H and O–H groups in total. The van der Waals surface area contributed by atoms with Gasteiger partial charge in [-0.25, -0.2) is 0 Å². The molecule has 1 aromatic rings. The van der Waals surface area contributed by atoms with Gasteiger partial charge in [0.05, 0.1) is 18.3 Å². The first-order chi connectivity index (χ1) is 10.1. The first-order valence-corrected chi connectivity index (χ1v) is 9.18. The summed E-state index contributed by atoms with van der Waals surface area (Å²) < 4.78 is 12.3. The zero-order valence-electron chi connectivity index (χ0n) is 12.1. The molecule has 2 aliphatic rings. The summed E-state index contributed by atoms with van der Waals surface area (Å²) in [5.41, 5.74) is 0.625. The van der Waals surface area contributed by atoms with Gasteiger partial charge in [-0.2, -0.15) is 11.8 Å². The number of hydrogen-bond donors (Lipinski definition) is 0. The van der Waals surface area contributed by atoms with Gasteiger partial charge in [0.2, 0.25) is 0 Å². The van der Waals surface area contributed by atoms with E-state index in [2.05, 4.69) is 15.9 Å². The largest absolute Gasteiger partial charge is 0.496 e. The van der Waals surface area contributed by atoms with Crippen LogP contribution in [0.3, 0.4) is 0 Å². The van der Waals surface area contributed by atoms with Gasteiger partial charge in [0, 0.05) is 22.8 Å². The van der Waals surface area contributed by atoms with Crippen LogP contribution in [0.5, 0.6) is 5.75 Å². The average Bonchev–Trinajstić information content (AvgIpc) is 2.94. The predicted molar refractivity (Wildman–Crippen MR) is 88.4 cm³/mol. The van der Waals surface area contributed by atoms with Crippen LogP contribution in [0, 0.1) is 5.92 Å². The maximum absolute atomic E-state index is 12.9. The van der Waals surface area contributed by atoms with E-state index in [4.69, 9.17) is 9.47 Å². The van der Waals surface area contributed by atoms with Crippen molar-refractivity contribution in [2.45, 2.75) is 24.9 Å². The molecule has 0 amide bonds. The van der Waals surface area contributed by atoms with Crippen LogP contribution in [-0.2, 0) is 4.74 Å². The van der Waals surface area contributed by atoms with E-state index in [-0.39, 0.29) is 17.3 Å². The third kappa shape index (κ3) is 3.15. The predicted octanol–water partition coefficient (Wildman–Crippen LogP) is 3.94. The molecule has 2 fully saturated rings. The van der Waals surface area contributed by atoms with Crippen molar-refractivity contribution in [2.24, 2.45) is 5.92 Å². The normalized spacial score (nSPS) is 28.8. The van der Waals surface area contributed by atoms with E-state index in [1.165, 1.54) is 0 Å². The fraction of sp³-hybridized carbons (Fsp3) is 0.562. The standard InChI is InChI=1S/C16H19BrO3S/c1-19-14-8-12(17)2-3-13(14)15(18)11-4-6-20-16(9-11)5-7-21-10-16/h2-3,8,11H,4-7,9-10H2,1H3. The zero-order chi connectivity index (χ0) is 14.9. The van der Waals surface area contributed by atoms with E-state index in [0.29, 0.717) is 17.9 Å². The molecule has 0 radical (unpaired) electrons. The molecule has 0 saturated carbocycles. The molecule has 0 aliphatic carbocycles. The van der Waals surface area contributed by atoms with Gasteiger partial charge in [-0.1, -0.05) is 15.9 Å². The molecule has 1 spiro atoms. The number of methoxy groups -OCH3 is 1. The SMILES string of the molecule is COc1cc(Br)ccc1C(=O)C1CCOC2(CCSC2)C1. The highest BCUT2D eigenvalue weighted by Crippen LogP contribution is 2.41. The molecular weight excluding hydrogens is 352 g/mol. The summed E-state index contributed by atoms with van der Waals surface area (Å²) in [6.07, 6.45) is 2.72. The summed E-state index contributed by atoms with van der Waals surface area (Å²) in [6, 6.07) is 5.61. The van der Waals surface area contributed by atoms with Crippen LogP contribution in [0.2, 0.25) is 0 Å². The Morgan fingerprint density at radius 1 is 1.52 bits per heavy atom. The minimum Gasteiger partial charge on any atom is -0.496 e. The molecule has 0 bridgehead atoms. The van der Waals surface area contributed by atoms with Crippen molar-refractivity contribution in [3.05, 3.63) is 28.2 Å². The Bertz CT molecular complexity index is 540. The van der Waals surface area contributed by atoms with E-state index in [9.17, 15) is 4.79 Å². The molecule has 5 heteroatoms. The van der Waals surface area contributed by atoms with Gasteiger partial charge in [0.1, 0.15) is 5.75 Å². The molecule has 3 rings (SSSR count). The van der Waals surface area contributed by atoms with Crippen molar-refractivity contribution in [1.82, 2.24) is 0 Å². The van der Waals surface area contributed by atoms with Gasteiger partial charge < -0.3 is 9.47 Å². The number of carbonyl (C=O) groups is 1. The molecular formula is C16H19BrO3S. The van der Waals surface area contributed by atoms with E-state index in [1.54, 1.807) is 7.11 Å². The summed E-state index contributed by atoms with van der Waals surface area (Å²) in [5.74, 6) is 3.05. The highest BCUT2D eigenvalue weighted by atomic mass is 79.9. The van der Waals surface area contributed by atoms with Gasteiger partial charge in [-0.05, 0) is 43.2 Å².